The van der Waals surface area contributed by atoms with E-state index >= 15 is 0 Å². The third kappa shape index (κ3) is 5.00. The Balaban J connectivity index is 2.09. The largest absolute Gasteiger partial charge is 0.466 e. The smallest absolute Gasteiger partial charge is 0.305 e. The van der Waals surface area contributed by atoms with Gasteiger partial charge in [0, 0.05) is 6.42 Å². The van der Waals surface area contributed by atoms with Crippen molar-refractivity contribution < 1.29 is 9.53 Å². The lowest BCUT2D eigenvalue weighted by molar-refractivity contribution is -0.144. The van der Waals surface area contributed by atoms with E-state index in [-0.39, 0.29) is 5.97 Å². The number of hydrogen-bond donors (Lipinski definition) is 0. The van der Waals surface area contributed by atoms with Crippen molar-refractivity contribution in [3.8, 4) is 0 Å². The Labute approximate surface area is 99.8 Å². The predicted molar refractivity (Wildman–Crippen MR) is 66.2 cm³/mol. The van der Waals surface area contributed by atoms with Gasteiger partial charge in [0.1, 0.15) is 0 Å². The molecule has 0 aromatic heterocycles. The molecule has 0 N–H and O–H groups in total. The second-order valence-electron chi connectivity index (χ2n) is 5.13. The monoisotopic (exact) mass is 226 g/mol. The van der Waals surface area contributed by atoms with E-state index in [4.69, 9.17) is 4.74 Å². The molecule has 0 radical (unpaired) electrons. The van der Waals surface area contributed by atoms with Crippen molar-refractivity contribution in [3.63, 3.8) is 0 Å². The Morgan fingerprint density at radius 1 is 1.31 bits per heavy atom. The highest BCUT2D eigenvalue weighted by atomic mass is 16.5. The molecule has 1 aliphatic carbocycles. The molecule has 0 heterocycles. The van der Waals surface area contributed by atoms with Gasteiger partial charge in [-0.2, -0.15) is 0 Å². The molecule has 0 aliphatic heterocycles. The third-order valence-corrected chi connectivity index (χ3v) is 3.74. The average Bonchev–Trinajstić information content (AvgIpc) is 2.30. The van der Waals surface area contributed by atoms with E-state index < -0.39 is 0 Å². The average molecular weight is 226 g/mol. The molecule has 1 aliphatic rings. The van der Waals surface area contributed by atoms with Crippen molar-refractivity contribution >= 4 is 5.97 Å². The fraction of sp³-hybridized carbons (Fsp3) is 0.929. The summed E-state index contributed by atoms with van der Waals surface area (Å²) in [7, 11) is 0. The molecule has 1 atom stereocenters. The summed E-state index contributed by atoms with van der Waals surface area (Å²) in [5.41, 5.74) is 0. The fourth-order valence-electron chi connectivity index (χ4n) is 2.57. The molecule has 2 heteroatoms. The van der Waals surface area contributed by atoms with Crippen LogP contribution in [0, 0.1) is 11.8 Å². The molecule has 0 amide bonds. The molecule has 1 rings (SSSR count). The predicted octanol–water partition coefficient (Wildman–Crippen LogP) is 3.94. The quantitative estimate of drug-likeness (QED) is 0.641. The van der Waals surface area contributed by atoms with Gasteiger partial charge >= 0.3 is 5.97 Å². The first-order valence-electron chi connectivity index (χ1n) is 6.89. The summed E-state index contributed by atoms with van der Waals surface area (Å²) >= 11 is 0. The SMILES string of the molecule is CCCC(=O)OCCC(C)C1CCCCC1. The standard InChI is InChI=1S/C14H26O2/c1-3-7-14(15)16-11-10-12(2)13-8-5-4-6-9-13/h12-13H,3-11H2,1-2H3. The van der Waals surface area contributed by atoms with Crippen molar-refractivity contribution in [2.24, 2.45) is 11.8 Å². The molecule has 0 bridgehead atoms. The van der Waals surface area contributed by atoms with Crippen molar-refractivity contribution in [2.75, 3.05) is 6.61 Å². The van der Waals surface area contributed by atoms with Gasteiger partial charge in [0.15, 0.2) is 0 Å². The van der Waals surface area contributed by atoms with Crippen LogP contribution in [0.15, 0.2) is 0 Å². The maximum Gasteiger partial charge on any atom is 0.305 e. The van der Waals surface area contributed by atoms with Crippen molar-refractivity contribution in [1.82, 2.24) is 0 Å². The minimum atomic E-state index is -0.0293. The van der Waals surface area contributed by atoms with Crippen LogP contribution in [0.5, 0.6) is 0 Å². The first kappa shape index (κ1) is 13.5. The molecule has 94 valence electrons. The highest BCUT2D eigenvalue weighted by molar-refractivity contribution is 5.69. The van der Waals surface area contributed by atoms with Crippen LogP contribution >= 0.6 is 0 Å². The number of hydrogen-bond acceptors (Lipinski definition) is 2. The van der Waals surface area contributed by atoms with E-state index in [0.717, 1.165) is 24.7 Å². The summed E-state index contributed by atoms with van der Waals surface area (Å²) in [4.78, 5) is 11.2. The Morgan fingerprint density at radius 3 is 2.62 bits per heavy atom. The van der Waals surface area contributed by atoms with E-state index in [2.05, 4.69) is 6.92 Å². The number of ether oxygens (including phenoxy) is 1. The van der Waals surface area contributed by atoms with Crippen molar-refractivity contribution in [3.05, 3.63) is 0 Å². The zero-order chi connectivity index (χ0) is 11.8. The Morgan fingerprint density at radius 2 is 2.00 bits per heavy atom. The molecule has 1 fully saturated rings. The number of carbonyl (C=O) groups is 1. The van der Waals surface area contributed by atoms with Gasteiger partial charge in [-0.3, -0.25) is 4.79 Å². The van der Waals surface area contributed by atoms with Gasteiger partial charge < -0.3 is 4.74 Å². The lowest BCUT2D eigenvalue weighted by Crippen LogP contribution is -2.17. The molecule has 2 nitrogen and oxygen atoms in total. The zero-order valence-corrected chi connectivity index (χ0v) is 10.8. The van der Waals surface area contributed by atoms with Gasteiger partial charge in [-0.15, -0.1) is 0 Å². The van der Waals surface area contributed by atoms with Gasteiger partial charge in [0.2, 0.25) is 0 Å². The number of carbonyl (C=O) groups excluding carboxylic acids is 1. The van der Waals surface area contributed by atoms with Crippen molar-refractivity contribution in [2.45, 2.75) is 65.2 Å². The van der Waals surface area contributed by atoms with Crippen LogP contribution in [-0.2, 0) is 9.53 Å². The molecule has 0 spiro atoms. The molecule has 1 saturated carbocycles. The van der Waals surface area contributed by atoms with E-state index in [1.807, 2.05) is 6.92 Å². The molecule has 16 heavy (non-hydrogen) atoms. The molecular formula is C14H26O2. The first-order valence-corrected chi connectivity index (χ1v) is 6.89. The topological polar surface area (TPSA) is 26.3 Å². The first-order chi connectivity index (χ1) is 7.74. The lowest BCUT2D eigenvalue weighted by Gasteiger charge is -2.27. The fourth-order valence-corrected chi connectivity index (χ4v) is 2.57. The second kappa shape index (κ2) is 7.70. The van der Waals surface area contributed by atoms with Gasteiger partial charge in [0.25, 0.3) is 0 Å². The van der Waals surface area contributed by atoms with Crippen LogP contribution in [0.1, 0.15) is 65.2 Å². The highest BCUT2D eigenvalue weighted by Crippen LogP contribution is 2.31. The summed E-state index contributed by atoms with van der Waals surface area (Å²) in [6.07, 6.45) is 9.45. The molecule has 1 unspecified atom stereocenters. The number of rotatable bonds is 6. The van der Waals surface area contributed by atoms with Gasteiger partial charge in [-0.05, 0) is 24.7 Å². The van der Waals surface area contributed by atoms with E-state index in [9.17, 15) is 4.79 Å². The van der Waals surface area contributed by atoms with Crippen LogP contribution in [0.3, 0.4) is 0 Å². The highest BCUT2D eigenvalue weighted by Gasteiger charge is 2.19. The van der Waals surface area contributed by atoms with Crippen molar-refractivity contribution in [1.29, 1.82) is 0 Å². The molecule has 0 aromatic rings. The molecular weight excluding hydrogens is 200 g/mol. The summed E-state index contributed by atoms with van der Waals surface area (Å²) < 4.78 is 5.20. The summed E-state index contributed by atoms with van der Waals surface area (Å²) in [5, 5.41) is 0. The zero-order valence-electron chi connectivity index (χ0n) is 10.8. The maximum absolute atomic E-state index is 11.2. The summed E-state index contributed by atoms with van der Waals surface area (Å²) in [6, 6.07) is 0. The molecule has 0 saturated heterocycles. The Hall–Kier alpha value is -0.530. The summed E-state index contributed by atoms with van der Waals surface area (Å²) in [5.74, 6) is 1.56. The van der Waals surface area contributed by atoms with Crippen LogP contribution in [0.2, 0.25) is 0 Å². The normalized spacial score (nSPS) is 19.4. The Bertz CT molecular complexity index is 195. The van der Waals surface area contributed by atoms with Crippen LogP contribution in [0.4, 0.5) is 0 Å². The van der Waals surface area contributed by atoms with Crippen LogP contribution in [-0.4, -0.2) is 12.6 Å². The Kier molecular flexibility index (Phi) is 6.51. The minimum absolute atomic E-state index is 0.0293. The summed E-state index contributed by atoms with van der Waals surface area (Å²) in [6.45, 7) is 4.94. The van der Waals surface area contributed by atoms with E-state index in [0.29, 0.717) is 13.0 Å². The van der Waals surface area contributed by atoms with E-state index in [1.165, 1.54) is 32.1 Å². The number of esters is 1. The van der Waals surface area contributed by atoms with Gasteiger partial charge in [-0.1, -0.05) is 46.0 Å². The van der Waals surface area contributed by atoms with E-state index in [1.54, 1.807) is 0 Å². The maximum atomic E-state index is 11.2. The molecule has 0 aromatic carbocycles. The lowest BCUT2D eigenvalue weighted by atomic mass is 9.80. The van der Waals surface area contributed by atoms with Gasteiger partial charge in [-0.25, -0.2) is 0 Å². The third-order valence-electron chi connectivity index (χ3n) is 3.74. The minimum Gasteiger partial charge on any atom is -0.466 e. The van der Waals surface area contributed by atoms with Gasteiger partial charge in [0.05, 0.1) is 6.61 Å². The van der Waals surface area contributed by atoms with Crippen LogP contribution in [0.25, 0.3) is 0 Å². The van der Waals surface area contributed by atoms with Crippen LogP contribution < -0.4 is 0 Å². The second-order valence-corrected chi connectivity index (χ2v) is 5.13.